The zero-order valence-electron chi connectivity index (χ0n) is 13.6. The molecule has 0 amide bonds. The van der Waals surface area contributed by atoms with Crippen LogP contribution in [0, 0.1) is 0 Å². The summed E-state index contributed by atoms with van der Waals surface area (Å²) in [4.78, 5) is 19.7. The lowest BCUT2D eigenvalue weighted by atomic mass is 10.2. The van der Waals surface area contributed by atoms with E-state index in [1.807, 2.05) is 37.3 Å². The molecule has 26 heavy (non-hydrogen) atoms. The van der Waals surface area contributed by atoms with Gasteiger partial charge in [-0.15, -0.1) is 5.10 Å². The van der Waals surface area contributed by atoms with Crippen LogP contribution >= 0.6 is 23.4 Å². The Labute approximate surface area is 157 Å². The van der Waals surface area contributed by atoms with E-state index >= 15 is 0 Å². The van der Waals surface area contributed by atoms with Gasteiger partial charge in [-0.1, -0.05) is 41.6 Å². The number of hydrogen-bond acceptors (Lipinski definition) is 6. The van der Waals surface area contributed by atoms with Crippen LogP contribution in [0.2, 0.25) is 5.02 Å². The monoisotopic (exact) mass is 384 g/mol. The van der Waals surface area contributed by atoms with Crippen LogP contribution in [-0.2, 0) is 0 Å². The Balaban J connectivity index is 1.67. The average Bonchev–Trinajstić information content (AvgIpc) is 3.10. The van der Waals surface area contributed by atoms with Crippen LogP contribution in [0.15, 0.2) is 58.5 Å². The predicted molar refractivity (Wildman–Crippen MR) is 101 cm³/mol. The molecule has 0 unspecified atom stereocenters. The van der Waals surface area contributed by atoms with Crippen molar-refractivity contribution in [3.05, 3.63) is 69.7 Å². The van der Waals surface area contributed by atoms with Crippen LogP contribution in [0.3, 0.4) is 0 Å². The fourth-order valence-corrected chi connectivity index (χ4v) is 3.58. The topological polar surface area (TPSA) is 89.3 Å². The highest BCUT2D eigenvalue weighted by Gasteiger charge is 2.17. The summed E-state index contributed by atoms with van der Waals surface area (Å²) in [6.07, 6.45) is 0. The lowest BCUT2D eigenvalue weighted by Gasteiger charge is -2.11. The Morgan fingerprint density at radius 2 is 2.04 bits per heavy atom. The molecule has 0 aliphatic carbocycles. The average molecular weight is 385 g/mol. The first-order chi connectivity index (χ1) is 12.6. The lowest BCUT2D eigenvalue weighted by Crippen LogP contribution is -2.13. The van der Waals surface area contributed by atoms with Crippen molar-refractivity contribution in [2.75, 3.05) is 0 Å². The predicted octanol–water partition coefficient (Wildman–Crippen LogP) is 3.41. The number of rotatable bonds is 4. The molecule has 0 fully saturated rings. The number of halogens is 1. The van der Waals surface area contributed by atoms with E-state index in [9.17, 15) is 4.79 Å². The summed E-state index contributed by atoms with van der Waals surface area (Å²) in [5, 5.41) is 13.4. The van der Waals surface area contributed by atoms with Crippen molar-refractivity contribution >= 4 is 34.3 Å². The molecule has 0 radical (unpaired) electrons. The Kier molecular flexibility index (Phi) is 4.44. The number of aromatic amines is 1. The second kappa shape index (κ2) is 6.89. The number of aromatic nitrogens is 6. The van der Waals surface area contributed by atoms with E-state index in [4.69, 9.17) is 11.6 Å². The van der Waals surface area contributed by atoms with Crippen molar-refractivity contribution < 1.29 is 0 Å². The minimum atomic E-state index is -0.160. The Morgan fingerprint density at radius 1 is 1.19 bits per heavy atom. The van der Waals surface area contributed by atoms with Gasteiger partial charge in [-0.3, -0.25) is 4.79 Å². The van der Waals surface area contributed by atoms with Gasteiger partial charge in [0.25, 0.3) is 5.56 Å². The maximum Gasteiger partial charge on any atom is 0.258 e. The molecule has 0 bridgehead atoms. The first-order valence-electron chi connectivity index (χ1n) is 7.82. The number of para-hydroxylation sites is 1. The van der Waals surface area contributed by atoms with Gasteiger partial charge in [0, 0.05) is 5.02 Å². The van der Waals surface area contributed by atoms with Gasteiger partial charge in [0.1, 0.15) is 5.82 Å². The van der Waals surface area contributed by atoms with Crippen LogP contribution in [0.4, 0.5) is 0 Å². The third-order valence-electron chi connectivity index (χ3n) is 3.79. The molecular formula is C17H13ClN6OS. The van der Waals surface area contributed by atoms with Gasteiger partial charge >= 0.3 is 0 Å². The van der Waals surface area contributed by atoms with Crippen molar-refractivity contribution in [1.29, 1.82) is 0 Å². The molecule has 1 N–H and O–H groups in total. The zero-order valence-corrected chi connectivity index (χ0v) is 15.2. The SMILES string of the molecule is C[C@H](Sc1nnnn1-c1cccc(Cl)c1)c1nc2ccccc2c(=O)[nH]1. The molecular weight excluding hydrogens is 372 g/mol. The summed E-state index contributed by atoms with van der Waals surface area (Å²) in [6, 6.07) is 14.5. The molecule has 2 heterocycles. The molecule has 9 heteroatoms. The third-order valence-corrected chi connectivity index (χ3v) is 5.07. The number of tetrazole rings is 1. The van der Waals surface area contributed by atoms with Crippen molar-refractivity contribution in [2.24, 2.45) is 0 Å². The van der Waals surface area contributed by atoms with Gasteiger partial charge in [-0.05, 0) is 47.7 Å². The van der Waals surface area contributed by atoms with Gasteiger partial charge in [-0.25, -0.2) is 4.98 Å². The Bertz CT molecular complexity index is 1140. The fourth-order valence-electron chi connectivity index (χ4n) is 2.53. The molecule has 4 aromatic rings. The highest BCUT2D eigenvalue weighted by molar-refractivity contribution is 7.99. The van der Waals surface area contributed by atoms with E-state index in [1.165, 1.54) is 11.8 Å². The molecule has 0 aliphatic heterocycles. The molecule has 2 aromatic heterocycles. The summed E-state index contributed by atoms with van der Waals surface area (Å²) in [5.74, 6) is 0.569. The van der Waals surface area contributed by atoms with E-state index in [0.29, 0.717) is 26.9 Å². The highest BCUT2D eigenvalue weighted by Crippen LogP contribution is 2.32. The first kappa shape index (κ1) is 16.7. The summed E-state index contributed by atoms with van der Waals surface area (Å²) >= 11 is 7.45. The number of nitrogens with one attached hydrogen (secondary N) is 1. The third kappa shape index (κ3) is 3.21. The van der Waals surface area contributed by atoms with Crippen molar-refractivity contribution in [3.8, 4) is 5.69 Å². The second-order valence-electron chi connectivity index (χ2n) is 5.58. The standard InChI is InChI=1S/C17H13ClN6OS/c1-10(15-19-14-8-3-2-7-13(14)16(25)20-15)26-17-21-22-23-24(17)12-6-4-5-11(18)9-12/h2-10H,1H3,(H,19,20,25)/t10-/m0/s1. The minimum absolute atomic E-state index is 0.156. The summed E-state index contributed by atoms with van der Waals surface area (Å²) in [7, 11) is 0. The van der Waals surface area contributed by atoms with Crippen molar-refractivity contribution in [1.82, 2.24) is 30.2 Å². The maximum absolute atomic E-state index is 12.3. The van der Waals surface area contributed by atoms with Crippen molar-refractivity contribution in [3.63, 3.8) is 0 Å². The normalized spacial score (nSPS) is 12.4. The van der Waals surface area contributed by atoms with Crippen LogP contribution in [0.5, 0.6) is 0 Å². The summed E-state index contributed by atoms with van der Waals surface area (Å²) in [5.41, 5.74) is 1.26. The summed E-state index contributed by atoms with van der Waals surface area (Å²) < 4.78 is 1.60. The Hall–Kier alpha value is -2.71. The van der Waals surface area contributed by atoms with E-state index in [2.05, 4.69) is 25.5 Å². The van der Waals surface area contributed by atoms with E-state index in [1.54, 1.807) is 22.9 Å². The lowest BCUT2D eigenvalue weighted by molar-refractivity contribution is 0.754. The van der Waals surface area contributed by atoms with Crippen LogP contribution < -0.4 is 5.56 Å². The molecule has 0 saturated carbocycles. The number of hydrogen-bond donors (Lipinski definition) is 1. The zero-order chi connectivity index (χ0) is 18.1. The fraction of sp³-hybridized carbons (Fsp3) is 0.118. The molecule has 0 saturated heterocycles. The molecule has 1 atom stereocenters. The van der Waals surface area contributed by atoms with Gasteiger partial charge in [0.05, 0.1) is 21.8 Å². The quantitative estimate of drug-likeness (QED) is 0.542. The number of H-pyrrole nitrogens is 1. The van der Waals surface area contributed by atoms with Crippen LogP contribution in [-0.4, -0.2) is 30.2 Å². The molecule has 130 valence electrons. The van der Waals surface area contributed by atoms with Gasteiger partial charge in [0.15, 0.2) is 0 Å². The van der Waals surface area contributed by atoms with Crippen LogP contribution in [0.25, 0.3) is 16.6 Å². The van der Waals surface area contributed by atoms with E-state index in [-0.39, 0.29) is 10.8 Å². The highest BCUT2D eigenvalue weighted by atomic mass is 35.5. The van der Waals surface area contributed by atoms with Gasteiger partial charge in [-0.2, -0.15) is 4.68 Å². The molecule has 0 spiro atoms. The summed E-state index contributed by atoms with van der Waals surface area (Å²) in [6.45, 7) is 1.94. The smallest absolute Gasteiger partial charge is 0.258 e. The second-order valence-corrected chi connectivity index (χ2v) is 7.33. The maximum atomic E-state index is 12.3. The number of fused-ring (bicyclic) bond motifs is 1. The molecule has 7 nitrogen and oxygen atoms in total. The van der Waals surface area contributed by atoms with Gasteiger partial charge in [0.2, 0.25) is 5.16 Å². The molecule has 0 aliphatic rings. The van der Waals surface area contributed by atoms with E-state index in [0.717, 1.165) is 5.69 Å². The Morgan fingerprint density at radius 3 is 2.88 bits per heavy atom. The van der Waals surface area contributed by atoms with Crippen molar-refractivity contribution in [2.45, 2.75) is 17.3 Å². The first-order valence-corrected chi connectivity index (χ1v) is 9.07. The van der Waals surface area contributed by atoms with Gasteiger partial charge < -0.3 is 4.98 Å². The minimum Gasteiger partial charge on any atom is -0.309 e. The number of nitrogens with zero attached hydrogens (tertiary/aromatic N) is 5. The largest absolute Gasteiger partial charge is 0.309 e. The number of thioether (sulfide) groups is 1. The molecule has 4 rings (SSSR count). The number of benzene rings is 2. The van der Waals surface area contributed by atoms with E-state index < -0.39 is 0 Å². The molecule has 2 aromatic carbocycles. The van der Waals surface area contributed by atoms with Crippen LogP contribution in [0.1, 0.15) is 18.0 Å².